The molecule has 1 aromatic heterocycles. The molecule has 2 fully saturated rings. The van der Waals surface area contributed by atoms with Crippen LogP contribution < -0.4 is 0 Å². The molecule has 4 rings (SSSR count). The van der Waals surface area contributed by atoms with Gasteiger partial charge < -0.3 is 9.72 Å². The Morgan fingerprint density at radius 3 is 2.78 bits per heavy atom. The molecule has 2 aliphatic rings. The molecular formula is C18H24FN3O. The summed E-state index contributed by atoms with van der Waals surface area (Å²) in [4.78, 5) is 10.1. The van der Waals surface area contributed by atoms with Gasteiger partial charge in [0, 0.05) is 19.1 Å². The molecule has 1 aromatic carbocycles. The first kappa shape index (κ1) is 15.1. The van der Waals surface area contributed by atoms with E-state index in [-0.39, 0.29) is 6.10 Å². The van der Waals surface area contributed by atoms with Gasteiger partial charge >= 0.3 is 0 Å². The zero-order valence-corrected chi connectivity index (χ0v) is 13.8. The molecule has 0 unspecified atom stereocenters. The van der Waals surface area contributed by atoms with Gasteiger partial charge in [0.25, 0.3) is 0 Å². The van der Waals surface area contributed by atoms with Crippen molar-refractivity contribution in [3.05, 3.63) is 29.1 Å². The fraction of sp³-hybridized carbons (Fsp3) is 0.611. The predicted octanol–water partition coefficient (Wildman–Crippen LogP) is 3.27. The molecule has 2 aromatic rings. The number of fused-ring (bicyclic) bond motifs is 1. The molecule has 1 aliphatic carbocycles. The monoisotopic (exact) mass is 317 g/mol. The minimum atomic E-state index is -0.885. The Morgan fingerprint density at radius 1 is 1.26 bits per heavy atom. The van der Waals surface area contributed by atoms with Gasteiger partial charge in [0.15, 0.2) is 0 Å². The van der Waals surface area contributed by atoms with Crippen molar-refractivity contribution < 1.29 is 9.13 Å². The number of halogens is 1. The van der Waals surface area contributed by atoms with Gasteiger partial charge in [-0.1, -0.05) is 6.42 Å². The van der Waals surface area contributed by atoms with E-state index < -0.39 is 6.17 Å². The summed E-state index contributed by atoms with van der Waals surface area (Å²) in [6.45, 7) is 5.75. The van der Waals surface area contributed by atoms with E-state index in [1.165, 1.54) is 30.4 Å². The maximum Gasteiger partial charge on any atom is 0.140 e. The highest BCUT2D eigenvalue weighted by Crippen LogP contribution is 2.30. The number of aromatic amines is 1. The topological polar surface area (TPSA) is 41.1 Å². The standard InChI is InChI=1S/C18H24FN3O/c1-11-6-15-16(7-12(11)2)21-18(20-15)10-23-17-9-22(8-14(17)19)13-4-3-5-13/h6-7,13-14,17H,3-5,8-10H2,1-2H3,(H,20,21)/t14-,17+/m1/s1. The van der Waals surface area contributed by atoms with E-state index in [1.807, 2.05) is 0 Å². The van der Waals surface area contributed by atoms with E-state index in [2.05, 4.69) is 40.8 Å². The number of benzene rings is 1. The molecule has 0 bridgehead atoms. The molecule has 0 amide bonds. The second kappa shape index (κ2) is 5.87. The lowest BCUT2D eigenvalue weighted by atomic mass is 9.92. The smallest absolute Gasteiger partial charge is 0.140 e. The van der Waals surface area contributed by atoms with Crippen LogP contribution >= 0.6 is 0 Å². The molecule has 1 N–H and O–H groups in total. The molecule has 0 spiro atoms. The Kier molecular flexibility index (Phi) is 3.85. The van der Waals surface area contributed by atoms with E-state index in [1.54, 1.807) is 0 Å². The summed E-state index contributed by atoms with van der Waals surface area (Å²) in [6.07, 6.45) is 2.49. The third kappa shape index (κ3) is 2.88. The van der Waals surface area contributed by atoms with Gasteiger partial charge in [0.2, 0.25) is 0 Å². The van der Waals surface area contributed by atoms with Crippen molar-refractivity contribution in [1.29, 1.82) is 0 Å². The Morgan fingerprint density at radius 2 is 2.04 bits per heavy atom. The molecule has 2 heterocycles. The van der Waals surface area contributed by atoms with Crippen LogP contribution in [0.4, 0.5) is 4.39 Å². The highest BCUT2D eigenvalue weighted by Gasteiger charge is 2.38. The molecule has 0 radical (unpaired) electrons. The van der Waals surface area contributed by atoms with Gasteiger partial charge in [0.05, 0.1) is 11.0 Å². The lowest BCUT2D eigenvalue weighted by Crippen LogP contribution is -2.39. The maximum absolute atomic E-state index is 14.2. The van der Waals surface area contributed by atoms with E-state index in [4.69, 9.17) is 4.74 Å². The summed E-state index contributed by atoms with van der Waals surface area (Å²) in [5.74, 6) is 0.777. The number of hydrogen-bond donors (Lipinski definition) is 1. The molecule has 4 nitrogen and oxygen atoms in total. The fourth-order valence-electron chi connectivity index (χ4n) is 3.55. The zero-order valence-electron chi connectivity index (χ0n) is 13.8. The highest BCUT2D eigenvalue weighted by molar-refractivity contribution is 5.77. The van der Waals surface area contributed by atoms with E-state index in [9.17, 15) is 4.39 Å². The molecule has 1 saturated heterocycles. The van der Waals surface area contributed by atoms with E-state index >= 15 is 0 Å². The summed E-state index contributed by atoms with van der Waals surface area (Å²) in [5, 5.41) is 0. The number of aromatic nitrogens is 2. The van der Waals surface area contributed by atoms with Crippen molar-refractivity contribution in [3.63, 3.8) is 0 Å². The highest BCUT2D eigenvalue weighted by atomic mass is 19.1. The minimum Gasteiger partial charge on any atom is -0.366 e. The fourth-order valence-corrected chi connectivity index (χ4v) is 3.55. The van der Waals surface area contributed by atoms with Crippen molar-refractivity contribution in [2.75, 3.05) is 13.1 Å². The molecule has 2 atom stereocenters. The molecular weight excluding hydrogens is 293 g/mol. The summed E-state index contributed by atoms with van der Waals surface area (Å²) in [6, 6.07) is 4.77. The summed E-state index contributed by atoms with van der Waals surface area (Å²) >= 11 is 0. The van der Waals surface area contributed by atoms with Crippen molar-refractivity contribution in [2.24, 2.45) is 0 Å². The Hall–Kier alpha value is -1.46. The SMILES string of the molecule is Cc1cc2nc(CO[C@H]3CN(C4CCC4)C[C@H]3F)[nH]c2cc1C. The lowest BCUT2D eigenvalue weighted by Gasteiger charge is -2.34. The van der Waals surface area contributed by atoms with Gasteiger partial charge in [0.1, 0.15) is 24.7 Å². The van der Waals surface area contributed by atoms with Crippen molar-refractivity contribution in [3.8, 4) is 0 Å². The van der Waals surface area contributed by atoms with Crippen LogP contribution in [0.15, 0.2) is 12.1 Å². The van der Waals surface area contributed by atoms with Crippen LogP contribution in [0.5, 0.6) is 0 Å². The van der Waals surface area contributed by atoms with Crippen LogP contribution in [-0.2, 0) is 11.3 Å². The predicted molar refractivity (Wildman–Crippen MR) is 88.3 cm³/mol. The first-order valence-corrected chi connectivity index (χ1v) is 8.56. The van der Waals surface area contributed by atoms with E-state index in [0.717, 1.165) is 16.9 Å². The Labute approximate surface area is 136 Å². The number of nitrogens with one attached hydrogen (secondary N) is 1. The molecule has 5 heteroatoms. The molecule has 124 valence electrons. The van der Waals surface area contributed by atoms with Crippen molar-refractivity contribution >= 4 is 11.0 Å². The van der Waals surface area contributed by atoms with Crippen LogP contribution in [-0.4, -0.2) is 46.3 Å². The Bertz CT molecular complexity index is 671. The average Bonchev–Trinajstić information content (AvgIpc) is 2.99. The van der Waals surface area contributed by atoms with Crippen LogP contribution in [0, 0.1) is 13.8 Å². The first-order valence-electron chi connectivity index (χ1n) is 8.56. The summed E-state index contributed by atoms with van der Waals surface area (Å²) < 4.78 is 20.0. The second-order valence-corrected chi connectivity index (χ2v) is 7.04. The van der Waals surface area contributed by atoms with Crippen LogP contribution in [0.1, 0.15) is 36.2 Å². The third-order valence-electron chi connectivity index (χ3n) is 5.40. The summed E-state index contributed by atoms with van der Waals surface area (Å²) in [7, 11) is 0. The third-order valence-corrected chi connectivity index (χ3v) is 5.40. The van der Waals surface area contributed by atoms with Gasteiger partial charge in [-0.25, -0.2) is 9.37 Å². The van der Waals surface area contributed by atoms with Gasteiger partial charge in [-0.3, -0.25) is 4.90 Å². The quantitative estimate of drug-likeness (QED) is 0.941. The number of imidazole rings is 1. The number of alkyl halides is 1. The largest absolute Gasteiger partial charge is 0.366 e. The molecule has 1 saturated carbocycles. The number of likely N-dealkylation sites (tertiary alicyclic amines) is 1. The van der Waals surface area contributed by atoms with Crippen LogP contribution in [0.25, 0.3) is 11.0 Å². The number of ether oxygens (including phenoxy) is 1. The first-order chi connectivity index (χ1) is 11.1. The van der Waals surface area contributed by atoms with Crippen LogP contribution in [0.2, 0.25) is 0 Å². The van der Waals surface area contributed by atoms with Gasteiger partial charge in [-0.2, -0.15) is 0 Å². The van der Waals surface area contributed by atoms with Crippen molar-refractivity contribution in [2.45, 2.75) is 58.0 Å². The minimum absolute atomic E-state index is 0.327. The maximum atomic E-state index is 14.2. The van der Waals surface area contributed by atoms with Crippen molar-refractivity contribution in [1.82, 2.24) is 14.9 Å². The Balaban J connectivity index is 1.40. The number of nitrogens with zero attached hydrogens (tertiary/aromatic N) is 2. The zero-order chi connectivity index (χ0) is 16.0. The summed E-state index contributed by atoms with van der Waals surface area (Å²) in [5.41, 5.74) is 4.44. The lowest BCUT2D eigenvalue weighted by molar-refractivity contribution is 0.00648. The van der Waals surface area contributed by atoms with Crippen LogP contribution in [0.3, 0.4) is 0 Å². The van der Waals surface area contributed by atoms with E-state index in [0.29, 0.717) is 25.7 Å². The number of hydrogen-bond acceptors (Lipinski definition) is 3. The van der Waals surface area contributed by atoms with Gasteiger partial charge in [-0.05, 0) is 49.9 Å². The number of H-pyrrole nitrogens is 1. The second-order valence-electron chi connectivity index (χ2n) is 7.04. The average molecular weight is 317 g/mol. The number of aryl methyl sites for hydroxylation is 2. The normalized spacial score (nSPS) is 26.0. The molecule has 23 heavy (non-hydrogen) atoms. The number of rotatable bonds is 4. The van der Waals surface area contributed by atoms with Gasteiger partial charge in [-0.15, -0.1) is 0 Å². The molecule has 1 aliphatic heterocycles.